The molecule has 1 rings (SSSR count). The summed E-state index contributed by atoms with van der Waals surface area (Å²) in [4.78, 5) is 13.9. The first-order valence-corrected chi connectivity index (χ1v) is 7.80. The van der Waals surface area contributed by atoms with Crippen molar-refractivity contribution in [3.05, 3.63) is 11.6 Å². The number of nitriles is 1. The fourth-order valence-corrected chi connectivity index (χ4v) is 3.19. The first kappa shape index (κ1) is 17.7. The van der Waals surface area contributed by atoms with E-state index < -0.39 is 0 Å². The Morgan fingerprint density at radius 2 is 2.24 bits per heavy atom. The number of amides is 1. The van der Waals surface area contributed by atoms with Gasteiger partial charge in [-0.1, -0.05) is 25.5 Å². The summed E-state index contributed by atoms with van der Waals surface area (Å²) in [6, 6.07) is 2.07. The maximum atomic E-state index is 12.2. The minimum Gasteiger partial charge on any atom is -0.396 e. The molecule has 1 aliphatic rings. The highest BCUT2D eigenvalue weighted by Gasteiger charge is 2.32. The highest BCUT2D eigenvalue weighted by molar-refractivity contribution is 5.76. The molecule has 118 valence electrons. The summed E-state index contributed by atoms with van der Waals surface area (Å²) in [6.07, 6.45) is 4.00. The molecule has 4 nitrogen and oxygen atoms in total. The van der Waals surface area contributed by atoms with E-state index in [1.807, 2.05) is 0 Å². The molecule has 1 N–H and O–H groups in total. The lowest BCUT2D eigenvalue weighted by Crippen LogP contribution is -2.34. The molecular weight excluding hydrogens is 264 g/mol. The van der Waals surface area contributed by atoms with Crippen molar-refractivity contribution < 1.29 is 9.90 Å². The number of carbonyl (C=O) groups excluding carboxylic acids is 1. The van der Waals surface area contributed by atoms with E-state index in [4.69, 9.17) is 5.26 Å². The van der Waals surface area contributed by atoms with E-state index in [2.05, 4.69) is 32.9 Å². The largest absolute Gasteiger partial charge is 0.396 e. The Morgan fingerprint density at radius 3 is 2.76 bits per heavy atom. The SMILES string of the molecule is CC1=C[C@@H](CO)[C@H](C(C)C)C[C@H]1CC(=O)N(C)CCC#N. The topological polar surface area (TPSA) is 64.3 Å². The van der Waals surface area contributed by atoms with Crippen molar-refractivity contribution in [2.24, 2.45) is 23.7 Å². The Labute approximate surface area is 128 Å². The van der Waals surface area contributed by atoms with E-state index >= 15 is 0 Å². The van der Waals surface area contributed by atoms with Crippen molar-refractivity contribution in [3.8, 4) is 6.07 Å². The van der Waals surface area contributed by atoms with Gasteiger partial charge in [0.2, 0.25) is 5.91 Å². The second-order valence-electron chi connectivity index (χ2n) is 6.53. The van der Waals surface area contributed by atoms with Gasteiger partial charge in [0, 0.05) is 32.5 Å². The Hall–Kier alpha value is -1.34. The van der Waals surface area contributed by atoms with Crippen LogP contribution < -0.4 is 0 Å². The van der Waals surface area contributed by atoms with Crippen molar-refractivity contribution in [1.29, 1.82) is 5.26 Å². The van der Waals surface area contributed by atoms with Gasteiger partial charge < -0.3 is 10.0 Å². The minimum atomic E-state index is 0.105. The van der Waals surface area contributed by atoms with Crippen LogP contribution in [0.1, 0.15) is 40.0 Å². The van der Waals surface area contributed by atoms with Gasteiger partial charge in [0.1, 0.15) is 0 Å². The van der Waals surface area contributed by atoms with Crippen molar-refractivity contribution in [2.45, 2.75) is 40.0 Å². The third-order valence-corrected chi connectivity index (χ3v) is 4.70. The fraction of sp³-hybridized carbons (Fsp3) is 0.765. The summed E-state index contributed by atoms with van der Waals surface area (Å²) in [6.45, 7) is 7.10. The number of rotatable bonds is 6. The standard InChI is InChI=1S/C17H28N2O2/c1-12(2)16-9-14(13(3)8-15(16)11-20)10-17(21)19(4)7-5-6-18/h8,12,14-16,20H,5,7,9-11H2,1-4H3/t14-,15-,16-/m0/s1. The molecule has 3 atom stereocenters. The van der Waals surface area contributed by atoms with Crippen molar-refractivity contribution in [2.75, 3.05) is 20.2 Å². The Morgan fingerprint density at radius 1 is 1.57 bits per heavy atom. The number of aliphatic hydroxyl groups excluding tert-OH is 1. The summed E-state index contributed by atoms with van der Waals surface area (Å²) in [7, 11) is 1.76. The second-order valence-corrected chi connectivity index (χ2v) is 6.53. The molecule has 1 amide bonds. The van der Waals surface area contributed by atoms with Gasteiger partial charge >= 0.3 is 0 Å². The van der Waals surface area contributed by atoms with Gasteiger partial charge in [-0.3, -0.25) is 4.79 Å². The van der Waals surface area contributed by atoms with E-state index in [9.17, 15) is 9.90 Å². The lowest BCUT2D eigenvalue weighted by atomic mass is 9.70. The van der Waals surface area contributed by atoms with E-state index in [0.29, 0.717) is 31.2 Å². The lowest BCUT2D eigenvalue weighted by Gasteiger charge is -2.36. The fourth-order valence-electron chi connectivity index (χ4n) is 3.19. The van der Waals surface area contributed by atoms with Crippen LogP contribution in [0.2, 0.25) is 0 Å². The van der Waals surface area contributed by atoms with Gasteiger partial charge in [-0.25, -0.2) is 0 Å². The maximum absolute atomic E-state index is 12.2. The van der Waals surface area contributed by atoms with E-state index in [0.717, 1.165) is 6.42 Å². The number of aliphatic hydroxyl groups is 1. The third-order valence-electron chi connectivity index (χ3n) is 4.70. The molecule has 0 saturated heterocycles. The van der Waals surface area contributed by atoms with Crippen LogP contribution in [0.3, 0.4) is 0 Å². The highest BCUT2D eigenvalue weighted by atomic mass is 16.3. The van der Waals surface area contributed by atoms with Crippen LogP contribution in [-0.2, 0) is 4.79 Å². The molecule has 0 saturated carbocycles. The van der Waals surface area contributed by atoms with Crippen molar-refractivity contribution in [1.82, 2.24) is 4.90 Å². The summed E-state index contributed by atoms with van der Waals surface area (Å²) in [5, 5.41) is 18.1. The average Bonchev–Trinajstić information content (AvgIpc) is 2.45. The van der Waals surface area contributed by atoms with Gasteiger partial charge in [-0.15, -0.1) is 0 Å². The third kappa shape index (κ3) is 4.86. The van der Waals surface area contributed by atoms with Crippen LogP contribution in [0.15, 0.2) is 11.6 Å². The van der Waals surface area contributed by atoms with E-state index in [1.54, 1.807) is 11.9 Å². The van der Waals surface area contributed by atoms with E-state index in [1.165, 1.54) is 5.57 Å². The normalized spacial score (nSPS) is 25.4. The Bertz CT molecular complexity index is 423. The zero-order valence-electron chi connectivity index (χ0n) is 13.7. The molecule has 0 radical (unpaired) electrons. The maximum Gasteiger partial charge on any atom is 0.222 e. The van der Waals surface area contributed by atoms with Crippen LogP contribution in [0.5, 0.6) is 0 Å². The molecule has 0 unspecified atom stereocenters. The first-order chi connectivity index (χ1) is 9.90. The van der Waals surface area contributed by atoms with Crippen LogP contribution >= 0.6 is 0 Å². The number of hydrogen-bond acceptors (Lipinski definition) is 3. The minimum absolute atomic E-state index is 0.105. The van der Waals surface area contributed by atoms with Crippen molar-refractivity contribution >= 4 is 5.91 Å². The Kier molecular flexibility index (Phi) is 6.91. The average molecular weight is 292 g/mol. The lowest BCUT2D eigenvalue weighted by molar-refractivity contribution is -0.130. The summed E-state index contributed by atoms with van der Waals surface area (Å²) < 4.78 is 0. The molecule has 0 aromatic carbocycles. The zero-order chi connectivity index (χ0) is 16.0. The van der Waals surface area contributed by atoms with Crippen LogP contribution in [0.4, 0.5) is 0 Å². The molecule has 0 aromatic heterocycles. The van der Waals surface area contributed by atoms with Gasteiger partial charge in [0.25, 0.3) is 0 Å². The molecule has 4 heteroatoms. The molecular formula is C17H28N2O2. The first-order valence-electron chi connectivity index (χ1n) is 7.80. The summed E-state index contributed by atoms with van der Waals surface area (Å²) in [5.41, 5.74) is 1.22. The molecule has 0 bridgehead atoms. The van der Waals surface area contributed by atoms with Gasteiger partial charge in [-0.2, -0.15) is 5.26 Å². The van der Waals surface area contributed by atoms with Crippen molar-refractivity contribution in [3.63, 3.8) is 0 Å². The van der Waals surface area contributed by atoms with E-state index in [-0.39, 0.29) is 24.3 Å². The predicted molar refractivity (Wildman–Crippen MR) is 83.3 cm³/mol. The van der Waals surface area contributed by atoms with Crippen LogP contribution in [0, 0.1) is 35.0 Å². The quantitative estimate of drug-likeness (QED) is 0.765. The van der Waals surface area contributed by atoms with Crippen LogP contribution in [-0.4, -0.2) is 36.1 Å². The number of allylic oxidation sites excluding steroid dienone is 1. The molecule has 0 heterocycles. The number of hydrogen-bond donors (Lipinski definition) is 1. The zero-order valence-corrected chi connectivity index (χ0v) is 13.7. The van der Waals surface area contributed by atoms with Gasteiger partial charge in [0.05, 0.1) is 12.5 Å². The molecule has 0 fully saturated rings. The van der Waals surface area contributed by atoms with Gasteiger partial charge in [0.15, 0.2) is 0 Å². The number of nitrogens with zero attached hydrogens (tertiary/aromatic N) is 2. The smallest absolute Gasteiger partial charge is 0.222 e. The summed E-state index contributed by atoms with van der Waals surface area (Å²) in [5.74, 6) is 1.51. The monoisotopic (exact) mass is 292 g/mol. The van der Waals surface area contributed by atoms with Gasteiger partial charge in [-0.05, 0) is 31.1 Å². The molecule has 0 aromatic rings. The Balaban J connectivity index is 2.70. The van der Waals surface area contributed by atoms with Crippen LogP contribution in [0.25, 0.3) is 0 Å². The summed E-state index contributed by atoms with van der Waals surface area (Å²) >= 11 is 0. The molecule has 1 aliphatic carbocycles. The number of carbonyl (C=O) groups is 1. The highest BCUT2D eigenvalue weighted by Crippen LogP contribution is 2.38. The molecule has 0 aliphatic heterocycles. The molecule has 0 spiro atoms. The second kappa shape index (κ2) is 8.19. The predicted octanol–water partition coefficient (Wildman–Crippen LogP) is 2.60. The molecule has 21 heavy (non-hydrogen) atoms.